The molecule has 0 aliphatic heterocycles. The second-order valence-corrected chi connectivity index (χ2v) is 7.99. The molecule has 150 valence electrons. The first-order chi connectivity index (χ1) is 13.8. The minimum Gasteiger partial charge on any atom is -0.324 e. The van der Waals surface area contributed by atoms with Crippen LogP contribution in [0.3, 0.4) is 0 Å². The van der Waals surface area contributed by atoms with Crippen molar-refractivity contribution in [3.8, 4) is 0 Å². The smallest absolute Gasteiger partial charge is 0.297 e. The molecule has 0 saturated carbocycles. The monoisotopic (exact) mass is 451 g/mol. The molecule has 29 heavy (non-hydrogen) atoms. The summed E-state index contributed by atoms with van der Waals surface area (Å²) in [5.41, 5.74) is 1.38. The molecule has 3 rings (SSSR count). The summed E-state index contributed by atoms with van der Waals surface area (Å²) in [6.07, 6.45) is 1.42. The van der Waals surface area contributed by atoms with Crippen molar-refractivity contribution in [3.05, 3.63) is 64.9 Å². The number of para-hydroxylation sites is 1. The molecular weight excluding hydrogens is 437 g/mol. The van der Waals surface area contributed by atoms with E-state index in [-0.39, 0.29) is 22.1 Å². The van der Waals surface area contributed by atoms with E-state index in [0.717, 1.165) is 7.11 Å². The van der Waals surface area contributed by atoms with Gasteiger partial charge in [0.2, 0.25) is 17.2 Å². The van der Waals surface area contributed by atoms with Crippen LogP contribution < -0.4 is 10.6 Å². The Balaban J connectivity index is 1.93. The molecule has 2 N–H and O–H groups in total. The maximum absolute atomic E-state index is 12.1. The second-order valence-electron chi connectivity index (χ2n) is 5.56. The highest BCUT2D eigenvalue weighted by Gasteiger charge is 2.18. The lowest BCUT2D eigenvalue weighted by molar-refractivity contribution is 0.397. The van der Waals surface area contributed by atoms with Crippen LogP contribution >= 0.6 is 23.2 Å². The fraction of sp³-hybridized carbons (Fsp3) is 0.0556. The van der Waals surface area contributed by atoms with Crippen LogP contribution in [0.5, 0.6) is 0 Å². The van der Waals surface area contributed by atoms with E-state index in [0.29, 0.717) is 22.0 Å². The van der Waals surface area contributed by atoms with Crippen LogP contribution in [0, 0.1) is 0 Å². The fourth-order valence-electron chi connectivity index (χ4n) is 2.36. The fourth-order valence-corrected chi connectivity index (χ4v) is 3.60. The van der Waals surface area contributed by atoms with E-state index in [9.17, 15) is 8.42 Å². The average molecular weight is 452 g/mol. The molecule has 0 aliphatic rings. The number of rotatable bonds is 7. The Kier molecular flexibility index (Phi) is 6.33. The lowest BCUT2D eigenvalue weighted by Crippen LogP contribution is -2.07. The average Bonchev–Trinajstić information content (AvgIpc) is 2.69. The molecule has 1 heterocycles. The van der Waals surface area contributed by atoms with Gasteiger partial charge in [-0.2, -0.15) is 23.4 Å². The first kappa shape index (κ1) is 21.0. The lowest BCUT2D eigenvalue weighted by Gasteiger charge is -2.11. The van der Waals surface area contributed by atoms with Crippen molar-refractivity contribution in [2.24, 2.45) is 0 Å². The van der Waals surface area contributed by atoms with Gasteiger partial charge in [0, 0.05) is 5.69 Å². The van der Waals surface area contributed by atoms with Crippen LogP contribution in [0.25, 0.3) is 6.08 Å². The van der Waals surface area contributed by atoms with Crippen LogP contribution in [-0.2, 0) is 14.3 Å². The molecule has 0 atom stereocenters. The van der Waals surface area contributed by atoms with Gasteiger partial charge in [0.05, 0.1) is 17.8 Å². The predicted molar refractivity (Wildman–Crippen MR) is 114 cm³/mol. The summed E-state index contributed by atoms with van der Waals surface area (Å²) in [6.45, 7) is 3.61. The molecule has 8 nitrogen and oxygen atoms in total. The molecule has 0 unspecified atom stereocenters. The van der Waals surface area contributed by atoms with Crippen LogP contribution in [0.1, 0.15) is 5.56 Å². The molecular formula is C18H15Cl2N5O3S. The third kappa shape index (κ3) is 5.01. The van der Waals surface area contributed by atoms with E-state index in [4.69, 9.17) is 23.2 Å². The standard InChI is InChI=1S/C18H15Cl2N5O3S/c1-3-11-8-9-12(10-15(11)29(26,27)28-2)21-17-23-16(20)24-18(25-17)22-14-7-5-4-6-13(14)19/h3-10H,1H2,2H3,(H2,21,22,23,24,25). The summed E-state index contributed by atoms with van der Waals surface area (Å²) in [4.78, 5) is 12.2. The van der Waals surface area contributed by atoms with Crippen LogP contribution in [-0.4, -0.2) is 30.5 Å². The van der Waals surface area contributed by atoms with Crippen molar-refractivity contribution >= 4 is 62.7 Å². The van der Waals surface area contributed by atoms with Crippen molar-refractivity contribution in [1.82, 2.24) is 15.0 Å². The van der Waals surface area contributed by atoms with Gasteiger partial charge >= 0.3 is 0 Å². The maximum Gasteiger partial charge on any atom is 0.297 e. The van der Waals surface area contributed by atoms with Crippen LogP contribution in [0.4, 0.5) is 23.3 Å². The van der Waals surface area contributed by atoms with Gasteiger partial charge in [-0.15, -0.1) is 0 Å². The quantitative estimate of drug-likeness (QED) is 0.500. The predicted octanol–water partition coefficient (Wildman–Crippen LogP) is 4.64. The molecule has 3 aromatic rings. The maximum atomic E-state index is 12.1. The van der Waals surface area contributed by atoms with Gasteiger partial charge < -0.3 is 10.6 Å². The summed E-state index contributed by atoms with van der Waals surface area (Å²) in [7, 11) is -2.85. The molecule has 0 saturated heterocycles. The van der Waals surface area contributed by atoms with Crippen LogP contribution in [0.15, 0.2) is 53.9 Å². The van der Waals surface area contributed by atoms with Crippen molar-refractivity contribution in [1.29, 1.82) is 0 Å². The van der Waals surface area contributed by atoms with Gasteiger partial charge in [-0.05, 0) is 41.4 Å². The van der Waals surface area contributed by atoms with E-state index < -0.39 is 10.1 Å². The molecule has 0 aliphatic carbocycles. The van der Waals surface area contributed by atoms with Gasteiger partial charge in [0.15, 0.2) is 0 Å². The van der Waals surface area contributed by atoms with Gasteiger partial charge in [-0.3, -0.25) is 4.18 Å². The summed E-state index contributed by atoms with van der Waals surface area (Å²) < 4.78 is 28.9. The van der Waals surface area contributed by atoms with Gasteiger partial charge in [-0.25, -0.2) is 0 Å². The number of nitrogens with zero attached hydrogens (tertiary/aromatic N) is 3. The summed E-state index contributed by atoms with van der Waals surface area (Å²) in [6, 6.07) is 11.7. The first-order valence-electron chi connectivity index (χ1n) is 8.09. The zero-order chi connectivity index (χ0) is 21.0. The van der Waals surface area contributed by atoms with Crippen LogP contribution in [0.2, 0.25) is 10.3 Å². The minimum atomic E-state index is -3.94. The van der Waals surface area contributed by atoms with Crippen molar-refractivity contribution < 1.29 is 12.6 Å². The minimum absolute atomic E-state index is 0.0467. The number of hydrogen-bond acceptors (Lipinski definition) is 8. The Morgan fingerprint density at radius 3 is 2.38 bits per heavy atom. The molecule has 0 fully saturated rings. The Hall–Kier alpha value is -2.72. The lowest BCUT2D eigenvalue weighted by atomic mass is 10.2. The summed E-state index contributed by atoms with van der Waals surface area (Å²) in [5, 5.41) is 6.27. The van der Waals surface area contributed by atoms with Crippen molar-refractivity contribution in [2.45, 2.75) is 4.90 Å². The highest BCUT2D eigenvalue weighted by Crippen LogP contribution is 2.27. The second kappa shape index (κ2) is 8.75. The van der Waals surface area contributed by atoms with E-state index in [1.165, 1.54) is 12.1 Å². The van der Waals surface area contributed by atoms with Gasteiger partial charge in [0.25, 0.3) is 10.1 Å². The molecule has 0 bridgehead atoms. The zero-order valence-corrected chi connectivity index (χ0v) is 17.4. The topological polar surface area (TPSA) is 106 Å². The molecule has 0 amide bonds. The van der Waals surface area contributed by atoms with E-state index >= 15 is 0 Å². The van der Waals surface area contributed by atoms with Crippen molar-refractivity contribution in [3.63, 3.8) is 0 Å². The number of hydrogen-bond donors (Lipinski definition) is 2. The number of anilines is 4. The normalized spacial score (nSPS) is 11.1. The van der Waals surface area contributed by atoms with E-state index in [1.807, 2.05) is 0 Å². The number of aromatic nitrogens is 3. The molecule has 2 aromatic carbocycles. The summed E-state index contributed by atoms with van der Waals surface area (Å²) >= 11 is 12.1. The van der Waals surface area contributed by atoms with E-state index in [2.05, 4.69) is 36.3 Å². The van der Waals surface area contributed by atoms with Gasteiger partial charge in [-0.1, -0.05) is 42.5 Å². The Morgan fingerprint density at radius 2 is 1.72 bits per heavy atom. The SMILES string of the molecule is C=Cc1ccc(Nc2nc(Cl)nc(Nc3ccccc3Cl)n2)cc1S(=O)(=O)OC. The Morgan fingerprint density at radius 1 is 1.03 bits per heavy atom. The number of nitrogens with one attached hydrogen (secondary N) is 2. The summed E-state index contributed by atoms with van der Waals surface area (Å²) in [5.74, 6) is 0.264. The third-order valence-electron chi connectivity index (χ3n) is 3.71. The number of halogens is 2. The highest BCUT2D eigenvalue weighted by molar-refractivity contribution is 7.86. The number of benzene rings is 2. The largest absolute Gasteiger partial charge is 0.324 e. The molecule has 0 spiro atoms. The Labute approximate surface area is 177 Å². The van der Waals surface area contributed by atoms with Crippen molar-refractivity contribution in [2.75, 3.05) is 17.7 Å². The van der Waals surface area contributed by atoms with Gasteiger partial charge in [0.1, 0.15) is 4.90 Å². The molecule has 1 aromatic heterocycles. The highest BCUT2D eigenvalue weighted by atomic mass is 35.5. The third-order valence-corrected chi connectivity index (χ3v) is 5.54. The zero-order valence-electron chi connectivity index (χ0n) is 15.1. The Bertz CT molecular complexity index is 1170. The molecule has 0 radical (unpaired) electrons. The molecule has 11 heteroatoms. The van der Waals surface area contributed by atoms with E-state index in [1.54, 1.807) is 36.4 Å². The first-order valence-corrected chi connectivity index (χ1v) is 10.3.